The minimum Gasteiger partial charge on any atom is -0.305 e. The Hall–Kier alpha value is -3.00. The second-order valence-electron chi connectivity index (χ2n) is 9.96. The molecule has 1 aliphatic rings. The van der Waals surface area contributed by atoms with Crippen LogP contribution in [-0.2, 0) is 22.8 Å². The van der Waals surface area contributed by atoms with Crippen molar-refractivity contribution in [1.29, 1.82) is 0 Å². The van der Waals surface area contributed by atoms with Crippen molar-refractivity contribution < 1.29 is 8.42 Å². The molecule has 188 valence electrons. The SMILES string of the molecule is CN(C)Cc1ccc(-c2ccc3c(CCCN4CCS(=O)(=O)CC4)cn(-c4ccccc4)c3n2)cc1. The summed E-state index contributed by atoms with van der Waals surface area (Å²) in [6.45, 7) is 3.12. The molecule has 5 rings (SSSR count). The molecule has 0 amide bonds. The summed E-state index contributed by atoms with van der Waals surface area (Å²) in [7, 11) is 1.32. The van der Waals surface area contributed by atoms with Gasteiger partial charge in [0.1, 0.15) is 5.65 Å². The van der Waals surface area contributed by atoms with Gasteiger partial charge in [0.25, 0.3) is 0 Å². The Morgan fingerprint density at radius 3 is 2.33 bits per heavy atom. The van der Waals surface area contributed by atoms with E-state index in [-0.39, 0.29) is 11.5 Å². The maximum absolute atomic E-state index is 11.7. The average Bonchev–Trinajstić information content (AvgIpc) is 3.23. The van der Waals surface area contributed by atoms with Gasteiger partial charge in [-0.25, -0.2) is 13.4 Å². The number of benzene rings is 2. The minimum atomic E-state index is -2.84. The molecule has 1 fully saturated rings. The molecular formula is C29H34N4O2S. The summed E-state index contributed by atoms with van der Waals surface area (Å²) in [5.74, 6) is 0.562. The van der Waals surface area contributed by atoms with Gasteiger partial charge in [-0.3, -0.25) is 0 Å². The third-order valence-electron chi connectivity index (χ3n) is 6.87. The highest BCUT2D eigenvalue weighted by atomic mass is 32.2. The Labute approximate surface area is 214 Å². The number of pyridine rings is 1. The smallest absolute Gasteiger partial charge is 0.152 e. The summed E-state index contributed by atoms with van der Waals surface area (Å²) in [5, 5.41) is 1.17. The van der Waals surface area contributed by atoms with Crippen LogP contribution in [0.15, 0.2) is 72.9 Å². The van der Waals surface area contributed by atoms with Gasteiger partial charge >= 0.3 is 0 Å². The van der Waals surface area contributed by atoms with Crippen molar-refractivity contribution in [2.45, 2.75) is 19.4 Å². The summed E-state index contributed by atoms with van der Waals surface area (Å²) in [5.41, 5.74) is 6.71. The molecule has 6 nitrogen and oxygen atoms in total. The molecule has 2 aromatic heterocycles. The van der Waals surface area contributed by atoms with Crippen molar-refractivity contribution in [3.63, 3.8) is 0 Å². The summed E-state index contributed by atoms with van der Waals surface area (Å²) >= 11 is 0. The number of nitrogens with zero attached hydrogens (tertiary/aromatic N) is 4. The van der Waals surface area contributed by atoms with Crippen LogP contribution in [0.4, 0.5) is 0 Å². The fraction of sp³-hybridized carbons (Fsp3) is 0.345. The van der Waals surface area contributed by atoms with Crippen LogP contribution in [0.25, 0.3) is 28.0 Å². The Morgan fingerprint density at radius 1 is 0.917 bits per heavy atom. The molecule has 0 aliphatic carbocycles. The van der Waals surface area contributed by atoms with E-state index in [1.807, 2.05) is 6.07 Å². The number of rotatable bonds is 8. The number of aromatic nitrogens is 2. The number of aryl methyl sites for hydroxylation is 1. The molecule has 0 radical (unpaired) electrons. The van der Waals surface area contributed by atoms with E-state index in [1.165, 1.54) is 16.5 Å². The highest BCUT2D eigenvalue weighted by molar-refractivity contribution is 7.91. The molecule has 36 heavy (non-hydrogen) atoms. The quantitative estimate of drug-likeness (QED) is 0.357. The summed E-state index contributed by atoms with van der Waals surface area (Å²) in [6.07, 6.45) is 4.14. The maximum atomic E-state index is 11.7. The highest BCUT2D eigenvalue weighted by Crippen LogP contribution is 2.28. The molecule has 0 unspecified atom stereocenters. The Kier molecular flexibility index (Phi) is 7.23. The van der Waals surface area contributed by atoms with Crippen molar-refractivity contribution in [3.05, 3.63) is 84.1 Å². The second-order valence-corrected chi connectivity index (χ2v) is 12.3. The molecule has 0 N–H and O–H groups in total. The Morgan fingerprint density at radius 2 is 1.64 bits per heavy atom. The standard InChI is InChI=1S/C29H34N4O2S/c1-31(2)21-23-10-12-24(13-11-23)28-15-14-27-25(7-6-16-32-17-19-36(34,35)20-18-32)22-33(29(27)30-28)26-8-4-3-5-9-26/h3-5,8-15,22H,6-7,16-21H2,1-2H3. The van der Waals surface area contributed by atoms with E-state index in [0.29, 0.717) is 13.1 Å². The summed E-state index contributed by atoms with van der Waals surface area (Å²) in [4.78, 5) is 9.56. The molecule has 0 bridgehead atoms. The zero-order valence-corrected chi connectivity index (χ0v) is 21.9. The van der Waals surface area contributed by atoms with Crippen molar-refractivity contribution in [1.82, 2.24) is 19.4 Å². The van der Waals surface area contributed by atoms with Gasteiger partial charge < -0.3 is 14.4 Å². The first kappa shape index (κ1) is 24.7. The normalized spacial score (nSPS) is 16.1. The molecule has 1 aliphatic heterocycles. The van der Waals surface area contributed by atoms with Crippen molar-refractivity contribution in [2.75, 3.05) is 45.2 Å². The zero-order valence-electron chi connectivity index (χ0n) is 21.1. The maximum Gasteiger partial charge on any atom is 0.152 e. The molecule has 0 saturated carbocycles. The fourth-order valence-electron chi connectivity index (χ4n) is 4.93. The predicted molar refractivity (Wildman–Crippen MR) is 147 cm³/mol. The van der Waals surface area contributed by atoms with Crippen molar-refractivity contribution in [2.24, 2.45) is 0 Å². The van der Waals surface area contributed by atoms with E-state index in [2.05, 4.69) is 95.3 Å². The lowest BCUT2D eigenvalue weighted by Crippen LogP contribution is -2.40. The van der Waals surface area contributed by atoms with Crippen LogP contribution in [0.5, 0.6) is 0 Å². The van der Waals surface area contributed by atoms with Gasteiger partial charge in [0.05, 0.1) is 17.2 Å². The lowest BCUT2D eigenvalue weighted by molar-refractivity contribution is 0.292. The first-order valence-corrected chi connectivity index (χ1v) is 14.4. The summed E-state index contributed by atoms with van der Waals surface area (Å²) in [6, 6.07) is 23.4. The first-order valence-electron chi connectivity index (χ1n) is 12.6. The number of fused-ring (bicyclic) bond motifs is 1. The molecule has 1 saturated heterocycles. The largest absolute Gasteiger partial charge is 0.305 e. The van der Waals surface area contributed by atoms with Crippen LogP contribution in [0.1, 0.15) is 17.5 Å². The highest BCUT2D eigenvalue weighted by Gasteiger charge is 2.21. The third-order valence-corrected chi connectivity index (χ3v) is 8.48. The van der Waals surface area contributed by atoms with Gasteiger partial charge in [-0.05, 0) is 68.9 Å². The van der Waals surface area contributed by atoms with E-state index in [0.717, 1.165) is 48.5 Å². The van der Waals surface area contributed by atoms with Gasteiger partial charge in [0, 0.05) is 42.5 Å². The summed E-state index contributed by atoms with van der Waals surface area (Å²) < 4.78 is 25.6. The van der Waals surface area contributed by atoms with Crippen LogP contribution in [-0.4, -0.2) is 73.0 Å². The topological polar surface area (TPSA) is 58.4 Å². The van der Waals surface area contributed by atoms with E-state index in [9.17, 15) is 8.42 Å². The van der Waals surface area contributed by atoms with Gasteiger partial charge in [-0.15, -0.1) is 0 Å². The van der Waals surface area contributed by atoms with E-state index < -0.39 is 9.84 Å². The third kappa shape index (κ3) is 5.69. The number of hydrogen-bond acceptors (Lipinski definition) is 5. The predicted octanol–water partition coefficient (Wildman–Crippen LogP) is 4.42. The monoisotopic (exact) mass is 502 g/mol. The Bertz CT molecular complexity index is 1410. The van der Waals surface area contributed by atoms with E-state index in [4.69, 9.17) is 4.98 Å². The molecule has 4 aromatic rings. The van der Waals surface area contributed by atoms with E-state index >= 15 is 0 Å². The molecule has 0 spiro atoms. The van der Waals surface area contributed by atoms with Crippen LogP contribution in [0.2, 0.25) is 0 Å². The van der Waals surface area contributed by atoms with Gasteiger partial charge in [0.2, 0.25) is 0 Å². The van der Waals surface area contributed by atoms with Crippen LogP contribution >= 0.6 is 0 Å². The van der Waals surface area contributed by atoms with Crippen LogP contribution in [0, 0.1) is 0 Å². The van der Waals surface area contributed by atoms with Crippen molar-refractivity contribution in [3.8, 4) is 16.9 Å². The Balaban J connectivity index is 1.41. The van der Waals surface area contributed by atoms with Gasteiger partial charge in [0.15, 0.2) is 9.84 Å². The van der Waals surface area contributed by atoms with Crippen LogP contribution < -0.4 is 0 Å². The number of para-hydroxylation sites is 1. The molecule has 3 heterocycles. The lowest BCUT2D eigenvalue weighted by Gasteiger charge is -2.26. The fourth-order valence-corrected chi connectivity index (χ4v) is 6.20. The second kappa shape index (κ2) is 10.5. The average molecular weight is 503 g/mol. The number of hydrogen-bond donors (Lipinski definition) is 0. The van der Waals surface area contributed by atoms with E-state index in [1.54, 1.807) is 0 Å². The zero-order chi connectivity index (χ0) is 25.1. The molecule has 7 heteroatoms. The lowest BCUT2D eigenvalue weighted by atomic mass is 10.1. The molecular weight excluding hydrogens is 468 g/mol. The number of sulfone groups is 1. The molecule has 0 atom stereocenters. The van der Waals surface area contributed by atoms with Gasteiger partial charge in [-0.2, -0.15) is 0 Å². The first-order chi connectivity index (χ1) is 17.4. The van der Waals surface area contributed by atoms with Gasteiger partial charge in [-0.1, -0.05) is 42.5 Å². The van der Waals surface area contributed by atoms with Crippen molar-refractivity contribution >= 4 is 20.9 Å². The van der Waals surface area contributed by atoms with Crippen LogP contribution in [0.3, 0.4) is 0 Å². The minimum absolute atomic E-state index is 0.281. The molecule has 2 aromatic carbocycles.